The summed E-state index contributed by atoms with van der Waals surface area (Å²) in [6.45, 7) is 0.189. The molecule has 0 bridgehead atoms. The Labute approximate surface area is 279 Å². The molecule has 4 rings (SSSR count). The quantitative estimate of drug-likeness (QED) is 0.138. The molecule has 0 spiro atoms. The fourth-order valence-corrected chi connectivity index (χ4v) is 7.05. The summed E-state index contributed by atoms with van der Waals surface area (Å²) in [6, 6.07) is 7.23. The van der Waals surface area contributed by atoms with Crippen molar-refractivity contribution in [3.63, 3.8) is 0 Å². The molecule has 0 aromatic heterocycles. The van der Waals surface area contributed by atoms with E-state index in [0.717, 1.165) is 47.8 Å². The van der Waals surface area contributed by atoms with Crippen LogP contribution in [0.3, 0.4) is 0 Å². The SMILES string of the molecule is O=C(CCCN1C(=O)C(=C2SC(=S)N(CCCC(=O)Nc3ccc(C(=O)O)c(O)c3)C2=O)SC1=S)Nc1ccc(C(=O)O)c(O)c1. The van der Waals surface area contributed by atoms with Gasteiger partial charge in [-0.15, -0.1) is 0 Å². The maximum Gasteiger partial charge on any atom is 0.339 e. The average molecular weight is 705 g/mol. The minimum Gasteiger partial charge on any atom is -0.507 e. The van der Waals surface area contributed by atoms with Crippen LogP contribution >= 0.6 is 48.0 Å². The predicted molar refractivity (Wildman–Crippen MR) is 177 cm³/mol. The van der Waals surface area contributed by atoms with Gasteiger partial charge >= 0.3 is 11.9 Å². The number of thiocarbonyl (C=S) groups is 2. The smallest absolute Gasteiger partial charge is 0.339 e. The molecule has 0 radical (unpaired) electrons. The van der Waals surface area contributed by atoms with Gasteiger partial charge in [-0.1, -0.05) is 48.0 Å². The van der Waals surface area contributed by atoms with Crippen LogP contribution in [0.1, 0.15) is 46.4 Å². The molecular formula is C28H24N4O10S4. The first-order valence-corrected chi connectivity index (χ1v) is 15.8. The number of aromatic hydroxyl groups is 2. The van der Waals surface area contributed by atoms with Crippen molar-refractivity contribution in [3.8, 4) is 11.5 Å². The predicted octanol–water partition coefficient (Wildman–Crippen LogP) is 3.56. The Hall–Kier alpha value is -4.52. The largest absolute Gasteiger partial charge is 0.507 e. The van der Waals surface area contributed by atoms with E-state index in [0.29, 0.717) is 0 Å². The normalized spacial score (nSPS) is 16.3. The highest BCUT2D eigenvalue weighted by Gasteiger charge is 2.41. The highest BCUT2D eigenvalue weighted by atomic mass is 32.2. The minimum atomic E-state index is -1.31. The number of amides is 4. The molecular weight excluding hydrogens is 681 g/mol. The van der Waals surface area contributed by atoms with E-state index in [9.17, 15) is 39.0 Å². The van der Waals surface area contributed by atoms with Crippen LogP contribution < -0.4 is 10.6 Å². The summed E-state index contributed by atoms with van der Waals surface area (Å²) in [5, 5.41) is 42.7. The number of carbonyl (C=O) groups is 6. The zero-order valence-electron chi connectivity index (χ0n) is 23.5. The average Bonchev–Trinajstić information content (AvgIpc) is 3.41. The van der Waals surface area contributed by atoms with E-state index < -0.39 is 47.1 Å². The molecule has 2 aromatic carbocycles. The Kier molecular flexibility index (Phi) is 11.0. The van der Waals surface area contributed by atoms with Crippen molar-refractivity contribution in [2.75, 3.05) is 23.7 Å². The number of carbonyl (C=O) groups excluding carboxylic acids is 4. The van der Waals surface area contributed by atoms with Crippen molar-refractivity contribution in [1.82, 2.24) is 9.80 Å². The van der Waals surface area contributed by atoms with Gasteiger partial charge in [-0.3, -0.25) is 29.0 Å². The van der Waals surface area contributed by atoms with E-state index in [-0.39, 0.29) is 79.7 Å². The maximum absolute atomic E-state index is 13.2. The summed E-state index contributed by atoms with van der Waals surface area (Å²) in [5.74, 6) is -5.48. The molecule has 240 valence electrons. The lowest BCUT2D eigenvalue weighted by atomic mass is 10.1. The molecule has 46 heavy (non-hydrogen) atoms. The van der Waals surface area contributed by atoms with Crippen LogP contribution in [0, 0.1) is 0 Å². The highest BCUT2D eigenvalue weighted by molar-refractivity contribution is 8.29. The van der Waals surface area contributed by atoms with Gasteiger partial charge in [0.05, 0.1) is 9.81 Å². The van der Waals surface area contributed by atoms with Gasteiger partial charge in [-0.05, 0) is 37.1 Å². The van der Waals surface area contributed by atoms with Crippen molar-refractivity contribution in [2.45, 2.75) is 25.7 Å². The zero-order chi connectivity index (χ0) is 33.7. The number of phenols is 2. The van der Waals surface area contributed by atoms with Gasteiger partial charge in [0.25, 0.3) is 11.8 Å². The van der Waals surface area contributed by atoms with Gasteiger partial charge in [0.1, 0.15) is 31.3 Å². The van der Waals surface area contributed by atoms with Crippen LogP contribution in [0.25, 0.3) is 0 Å². The van der Waals surface area contributed by atoms with Gasteiger partial charge in [-0.2, -0.15) is 0 Å². The van der Waals surface area contributed by atoms with Crippen molar-refractivity contribution in [3.05, 3.63) is 57.3 Å². The topological polar surface area (TPSA) is 214 Å². The molecule has 2 heterocycles. The molecule has 0 unspecified atom stereocenters. The monoisotopic (exact) mass is 704 g/mol. The standard InChI is InChI=1S/C28H24N4O10S4/c33-17-11-13(5-7-15(17)25(39)40)29-19(35)3-1-9-31-23(37)21(45-27(31)43)22-24(38)32(28(44)46-22)10-2-4-20(36)30-14-6-8-16(26(41)42)18(34)12-14/h5-8,11-12,33-34H,1-4,9-10H2,(H,29,35)(H,30,36)(H,39,40)(H,41,42). The number of nitrogens with one attached hydrogen (secondary N) is 2. The first kappa shape index (κ1) is 34.4. The molecule has 18 heteroatoms. The van der Waals surface area contributed by atoms with Crippen LogP contribution in [-0.2, 0) is 19.2 Å². The fraction of sp³-hybridized carbons (Fsp3) is 0.214. The number of thioether (sulfide) groups is 2. The molecule has 4 amide bonds. The number of benzene rings is 2. The van der Waals surface area contributed by atoms with E-state index in [1.54, 1.807) is 0 Å². The number of carboxylic acids is 2. The molecule has 0 atom stereocenters. The van der Waals surface area contributed by atoms with Crippen LogP contribution in [0.5, 0.6) is 11.5 Å². The fourth-order valence-electron chi connectivity index (χ4n) is 4.28. The van der Waals surface area contributed by atoms with Gasteiger partial charge in [-0.25, -0.2) is 9.59 Å². The minimum absolute atomic E-state index is 0.0155. The number of aromatic carboxylic acids is 2. The van der Waals surface area contributed by atoms with Gasteiger partial charge in [0.2, 0.25) is 11.8 Å². The molecule has 0 aliphatic carbocycles. The lowest BCUT2D eigenvalue weighted by molar-refractivity contribution is -0.124. The lowest BCUT2D eigenvalue weighted by Crippen LogP contribution is -2.31. The summed E-state index contributed by atoms with van der Waals surface area (Å²) in [7, 11) is 0. The third-order valence-electron chi connectivity index (χ3n) is 6.50. The highest BCUT2D eigenvalue weighted by Crippen LogP contribution is 2.42. The summed E-state index contributed by atoms with van der Waals surface area (Å²) in [5.41, 5.74) is -0.210. The lowest BCUT2D eigenvalue weighted by Gasteiger charge is -2.15. The Bertz CT molecular complexity index is 1600. The summed E-state index contributed by atoms with van der Waals surface area (Å²) in [4.78, 5) is 75.9. The molecule has 2 aliphatic heterocycles. The first-order chi connectivity index (χ1) is 21.8. The van der Waals surface area contributed by atoms with Crippen molar-refractivity contribution >= 4 is 104 Å². The molecule has 2 aromatic rings. The Morgan fingerprint density at radius 1 is 0.674 bits per heavy atom. The molecule has 2 aliphatic rings. The summed E-state index contributed by atoms with van der Waals surface area (Å²) < 4.78 is 0.415. The summed E-state index contributed by atoms with van der Waals surface area (Å²) >= 11 is 12.6. The second-order valence-corrected chi connectivity index (χ2v) is 13.0. The Morgan fingerprint density at radius 3 is 1.37 bits per heavy atom. The third-order valence-corrected chi connectivity index (χ3v) is 9.53. The van der Waals surface area contributed by atoms with Gasteiger partial charge < -0.3 is 31.1 Å². The Morgan fingerprint density at radius 2 is 1.04 bits per heavy atom. The number of rotatable bonds is 12. The van der Waals surface area contributed by atoms with Crippen LogP contribution in [0.4, 0.5) is 11.4 Å². The van der Waals surface area contributed by atoms with E-state index in [2.05, 4.69) is 10.6 Å². The molecule has 2 fully saturated rings. The van der Waals surface area contributed by atoms with Crippen molar-refractivity contribution in [1.29, 1.82) is 0 Å². The maximum atomic E-state index is 13.2. The number of hydrogen-bond donors (Lipinski definition) is 6. The number of hydrogen-bond acceptors (Lipinski definition) is 12. The van der Waals surface area contributed by atoms with Crippen LogP contribution in [0.15, 0.2) is 46.2 Å². The number of carboxylic acid groups (broad SMARTS) is 2. The van der Waals surface area contributed by atoms with E-state index in [4.69, 9.17) is 34.6 Å². The summed E-state index contributed by atoms with van der Waals surface area (Å²) in [6.07, 6.45) is 0.408. The third kappa shape index (κ3) is 8.00. The van der Waals surface area contributed by atoms with Gasteiger partial charge in [0, 0.05) is 49.4 Å². The Balaban J connectivity index is 1.27. The number of nitrogens with zero attached hydrogens (tertiary/aromatic N) is 2. The van der Waals surface area contributed by atoms with E-state index in [1.807, 2.05) is 0 Å². The zero-order valence-corrected chi connectivity index (χ0v) is 26.7. The van der Waals surface area contributed by atoms with Crippen molar-refractivity contribution < 1.29 is 49.2 Å². The molecule has 6 N–H and O–H groups in total. The van der Waals surface area contributed by atoms with Crippen LogP contribution in [0.2, 0.25) is 0 Å². The van der Waals surface area contributed by atoms with Crippen LogP contribution in [-0.4, -0.2) is 87.5 Å². The molecule has 2 saturated heterocycles. The second-order valence-electron chi connectivity index (χ2n) is 9.69. The van der Waals surface area contributed by atoms with Crippen molar-refractivity contribution in [2.24, 2.45) is 0 Å². The molecule has 0 saturated carbocycles. The second kappa shape index (κ2) is 14.7. The number of anilines is 2. The first-order valence-electron chi connectivity index (χ1n) is 13.3. The van der Waals surface area contributed by atoms with Gasteiger partial charge in [0.15, 0.2) is 0 Å². The van der Waals surface area contributed by atoms with E-state index >= 15 is 0 Å². The van der Waals surface area contributed by atoms with E-state index in [1.165, 1.54) is 21.9 Å². The molecule has 14 nitrogen and oxygen atoms in total.